The lowest BCUT2D eigenvalue weighted by Crippen LogP contribution is -2.52. The van der Waals surface area contributed by atoms with Crippen molar-refractivity contribution >= 4 is 37.5 Å². The zero-order chi connectivity index (χ0) is 14.0. The van der Waals surface area contributed by atoms with Crippen LogP contribution in [-0.4, -0.2) is 28.6 Å². The quantitative estimate of drug-likeness (QED) is 0.434. The van der Waals surface area contributed by atoms with E-state index in [0.29, 0.717) is 16.8 Å². The number of nitrogens with zero attached hydrogens (tertiary/aromatic N) is 1. The van der Waals surface area contributed by atoms with Gasteiger partial charge in [-0.05, 0) is 28.9 Å². The van der Waals surface area contributed by atoms with Crippen molar-refractivity contribution < 1.29 is 14.4 Å². The third-order valence-corrected chi connectivity index (χ3v) is 4.49. The van der Waals surface area contributed by atoms with Crippen LogP contribution in [0.5, 0.6) is 5.75 Å². The molecule has 1 fully saturated rings. The molecule has 1 aliphatic carbocycles. The molecule has 7 heteroatoms. The SMILES string of the molecule is CCOC1C(Br)CC1Oc1cc([N+](=O)[O-])ccc1Br. The number of alkyl halides is 1. The average Bonchev–Trinajstić information content (AvgIpc) is 2.37. The lowest BCUT2D eigenvalue weighted by Gasteiger charge is -2.40. The highest BCUT2D eigenvalue weighted by molar-refractivity contribution is 9.10. The van der Waals surface area contributed by atoms with Crippen LogP contribution in [0.25, 0.3) is 0 Å². The fourth-order valence-electron chi connectivity index (χ4n) is 1.91. The van der Waals surface area contributed by atoms with Crippen LogP contribution in [0, 0.1) is 10.1 Å². The maximum Gasteiger partial charge on any atom is 0.273 e. The Balaban J connectivity index is 2.10. The number of hydrogen-bond acceptors (Lipinski definition) is 4. The van der Waals surface area contributed by atoms with Gasteiger partial charge in [0.25, 0.3) is 5.69 Å². The van der Waals surface area contributed by atoms with E-state index in [0.717, 1.165) is 6.42 Å². The minimum atomic E-state index is -0.437. The highest BCUT2D eigenvalue weighted by Crippen LogP contribution is 2.37. The van der Waals surface area contributed by atoms with E-state index in [-0.39, 0.29) is 22.7 Å². The molecule has 2 rings (SSSR count). The minimum absolute atomic E-state index is 0.0147. The van der Waals surface area contributed by atoms with Gasteiger partial charge in [-0.25, -0.2) is 0 Å². The summed E-state index contributed by atoms with van der Waals surface area (Å²) in [7, 11) is 0. The van der Waals surface area contributed by atoms with Crippen molar-refractivity contribution in [2.75, 3.05) is 6.61 Å². The summed E-state index contributed by atoms with van der Waals surface area (Å²) in [5.74, 6) is 0.475. The summed E-state index contributed by atoms with van der Waals surface area (Å²) in [6.07, 6.45) is 0.721. The largest absolute Gasteiger partial charge is 0.486 e. The molecule has 5 nitrogen and oxygen atoms in total. The highest BCUT2D eigenvalue weighted by Gasteiger charge is 2.42. The van der Waals surface area contributed by atoms with Gasteiger partial charge >= 0.3 is 0 Å². The van der Waals surface area contributed by atoms with E-state index in [2.05, 4.69) is 31.9 Å². The number of nitro groups is 1. The number of hydrogen-bond donors (Lipinski definition) is 0. The van der Waals surface area contributed by atoms with Gasteiger partial charge in [0.2, 0.25) is 0 Å². The Labute approximate surface area is 127 Å². The first kappa shape index (κ1) is 14.7. The number of ether oxygens (including phenoxy) is 2. The van der Waals surface area contributed by atoms with Crippen molar-refractivity contribution in [3.05, 3.63) is 32.8 Å². The molecular weight excluding hydrogens is 382 g/mol. The summed E-state index contributed by atoms with van der Waals surface area (Å²) >= 11 is 6.85. The van der Waals surface area contributed by atoms with Crippen molar-refractivity contribution in [2.24, 2.45) is 0 Å². The summed E-state index contributed by atoms with van der Waals surface area (Å²) in [6.45, 7) is 2.54. The maximum absolute atomic E-state index is 10.8. The van der Waals surface area contributed by atoms with Crippen LogP contribution >= 0.6 is 31.9 Å². The third-order valence-electron chi connectivity index (χ3n) is 2.94. The van der Waals surface area contributed by atoms with Gasteiger partial charge in [-0.3, -0.25) is 10.1 Å². The Hall–Kier alpha value is -0.660. The molecule has 0 aromatic heterocycles. The van der Waals surface area contributed by atoms with Crippen LogP contribution in [0.2, 0.25) is 0 Å². The van der Waals surface area contributed by atoms with Crippen LogP contribution in [0.4, 0.5) is 5.69 Å². The molecule has 3 unspecified atom stereocenters. The lowest BCUT2D eigenvalue weighted by molar-refractivity contribution is -0.385. The van der Waals surface area contributed by atoms with Gasteiger partial charge in [0.1, 0.15) is 18.0 Å². The Bertz CT molecular complexity index is 483. The topological polar surface area (TPSA) is 61.6 Å². The zero-order valence-corrected chi connectivity index (χ0v) is 13.4. The summed E-state index contributed by atoms with van der Waals surface area (Å²) in [5, 5.41) is 10.8. The molecule has 1 aromatic rings. The first-order valence-electron chi connectivity index (χ1n) is 5.89. The summed E-state index contributed by atoms with van der Waals surface area (Å²) in [5.41, 5.74) is 0.0147. The Morgan fingerprint density at radius 3 is 2.84 bits per heavy atom. The number of rotatable bonds is 5. The average molecular weight is 395 g/mol. The van der Waals surface area contributed by atoms with E-state index in [1.807, 2.05) is 6.92 Å². The maximum atomic E-state index is 10.8. The van der Waals surface area contributed by atoms with Crippen molar-refractivity contribution in [3.63, 3.8) is 0 Å². The normalized spacial score (nSPS) is 25.7. The Morgan fingerprint density at radius 1 is 1.53 bits per heavy atom. The van der Waals surface area contributed by atoms with E-state index in [1.165, 1.54) is 12.1 Å². The first-order valence-corrected chi connectivity index (χ1v) is 7.60. The van der Waals surface area contributed by atoms with Crippen molar-refractivity contribution in [1.82, 2.24) is 0 Å². The molecular formula is C12H13Br2NO4. The minimum Gasteiger partial charge on any atom is -0.486 e. The predicted octanol–water partition coefficient (Wildman–Crippen LogP) is 3.68. The van der Waals surface area contributed by atoms with Crippen LogP contribution in [0.3, 0.4) is 0 Å². The molecule has 0 saturated heterocycles. The molecule has 0 spiro atoms. The molecule has 0 amide bonds. The molecule has 19 heavy (non-hydrogen) atoms. The second-order valence-corrected chi connectivity index (χ2v) is 6.23. The molecule has 3 atom stereocenters. The fourth-order valence-corrected chi connectivity index (χ4v) is 3.11. The number of halogens is 2. The smallest absolute Gasteiger partial charge is 0.273 e. The van der Waals surface area contributed by atoms with Crippen LogP contribution in [0.15, 0.2) is 22.7 Å². The van der Waals surface area contributed by atoms with Crippen LogP contribution in [0.1, 0.15) is 13.3 Å². The summed E-state index contributed by atoms with van der Waals surface area (Å²) < 4.78 is 12.1. The second-order valence-electron chi connectivity index (χ2n) is 4.20. The third kappa shape index (κ3) is 3.27. The molecule has 0 heterocycles. The van der Waals surface area contributed by atoms with Gasteiger partial charge in [-0.2, -0.15) is 0 Å². The van der Waals surface area contributed by atoms with Crippen molar-refractivity contribution in [2.45, 2.75) is 30.4 Å². The molecule has 1 aliphatic rings. The van der Waals surface area contributed by atoms with Gasteiger partial charge in [0, 0.05) is 23.9 Å². The van der Waals surface area contributed by atoms with Crippen molar-refractivity contribution in [1.29, 1.82) is 0 Å². The van der Waals surface area contributed by atoms with Crippen molar-refractivity contribution in [3.8, 4) is 5.75 Å². The monoisotopic (exact) mass is 393 g/mol. The lowest BCUT2D eigenvalue weighted by atomic mass is 9.91. The molecule has 1 aromatic carbocycles. The number of benzene rings is 1. The van der Waals surface area contributed by atoms with E-state index >= 15 is 0 Å². The van der Waals surface area contributed by atoms with E-state index < -0.39 is 4.92 Å². The fraction of sp³-hybridized carbons (Fsp3) is 0.500. The van der Waals surface area contributed by atoms with Gasteiger partial charge in [-0.1, -0.05) is 15.9 Å². The van der Waals surface area contributed by atoms with Gasteiger partial charge in [-0.15, -0.1) is 0 Å². The first-order chi connectivity index (χ1) is 9.02. The zero-order valence-electron chi connectivity index (χ0n) is 10.2. The van der Waals surface area contributed by atoms with E-state index in [9.17, 15) is 10.1 Å². The molecule has 0 bridgehead atoms. The van der Waals surface area contributed by atoms with Gasteiger partial charge in [0.05, 0.1) is 15.5 Å². The Morgan fingerprint density at radius 2 is 2.26 bits per heavy atom. The molecule has 0 N–H and O–H groups in total. The summed E-state index contributed by atoms with van der Waals surface area (Å²) in [6, 6.07) is 4.48. The standard InChI is InChI=1S/C12H13Br2NO4/c1-2-18-12-9(14)6-11(12)19-10-5-7(15(16)17)3-4-8(10)13/h3-5,9,11-12H,2,6H2,1H3. The molecule has 0 aliphatic heterocycles. The number of non-ortho nitro benzene ring substituents is 1. The molecule has 1 saturated carbocycles. The van der Waals surface area contributed by atoms with Crippen LogP contribution in [-0.2, 0) is 4.74 Å². The molecule has 0 radical (unpaired) electrons. The number of nitro benzene ring substituents is 1. The van der Waals surface area contributed by atoms with Gasteiger partial charge < -0.3 is 9.47 Å². The van der Waals surface area contributed by atoms with E-state index in [4.69, 9.17) is 9.47 Å². The summed E-state index contributed by atoms with van der Waals surface area (Å²) in [4.78, 5) is 10.6. The predicted molar refractivity (Wildman–Crippen MR) is 78.0 cm³/mol. The molecule has 104 valence electrons. The van der Waals surface area contributed by atoms with Crippen LogP contribution < -0.4 is 4.74 Å². The van der Waals surface area contributed by atoms with Gasteiger partial charge in [0.15, 0.2) is 0 Å². The second kappa shape index (κ2) is 6.19. The highest BCUT2D eigenvalue weighted by atomic mass is 79.9. The van der Waals surface area contributed by atoms with E-state index in [1.54, 1.807) is 6.07 Å². The Kier molecular flexibility index (Phi) is 4.81.